The lowest BCUT2D eigenvalue weighted by Crippen LogP contribution is -2.39. The Morgan fingerprint density at radius 3 is 2.60 bits per heavy atom. The van der Waals surface area contributed by atoms with Gasteiger partial charge in [-0.25, -0.2) is 14.2 Å². The fraction of sp³-hybridized carbons (Fsp3) is 0.267. The number of carboxylic acids is 1. The van der Waals surface area contributed by atoms with Crippen LogP contribution in [0.25, 0.3) is 10.6 Å². The molecule has 1 unspecified atom stereocenters. The van der Waals surface area contributed by atoms with Gasteiger partial charge in [0.2, 0.25) is 5.67 Å². The molecule has 1 amide bonds. The van der Waals surface area contributed by atoms with Crippen LogP contribution in [0, 0.1) is 10.1 Å². The molecule has 2 aromatic rings. The van der Waals surface area contributed by atoms with Gasteiger partial charge in [0.25, 0.3) is 11.6 Å². The maximum Gasteiger partial charge on any atom is 0.343 e. The number of non-ortho nitro benzene ring substituents is 1. The van der Waals surface area contributed by atoms with E-state index in [1.54, 1.807) is 0 Å². The summed E-state index contributed by atoms with van der Waals surface area (Å²) in [6.07, 6.45) is -0.257. The predicted octanol–water partition coefficient (Wildman–Crippen LogP) is 2.36. The van der Waals surface area contributed by atoms with Gasteiger partial charge in [0.1, 0.15) is 10.7 Å². The molecule has 0 radical (unpaired) electrons. The maximum absolute atomic E-state index is 14.1. The number of hydrogen-bond donors (Lipinski definition) is 1. The Hall–Kier alpha value is -2.88. The Labute approximate surface area is 144 Å². The number of nitro groups is 1. The second-order valence-corrected chi connectivity index (χ2v) is 6.45. The van der Waals surface area contributed by atoms with E-state index in [0.29, 0.717) is 10.6 Å². The van der Waals surface area contributed by atoms with Crippen molar-refractivity contribution in [3.05, 3.63) is 45.5 Å². The van der Waals surface area contributed by atoms with E-state index in [2.05, 4.69) is 4.98 Å². The quantitative estimate of drug-likeness (QED) is 0.657. The number of carboxylic acid groups (broad SMARTS) is 1. The van der Waals surface area contributed by atoms with Crippen molar-refractivity contribution in [1.29, 1.82) is 0 Å². The summed E-state index contributed by atoms with van der Waals surface area (Å²) in [4.78, 5) is 38.7. The lowest BCUT2D eigenvalue weighted by Gasteiger charge is -2.16. The maximum atomic E-state index is 14.1. The van der Waals surface area contributed by atoms with Crippen molar-refractivity contribution in [3.8, 4) is 10.6 Å². The Kier molecular flexibility index (Phi) is 4.21. The van der Waals surface area contributed by atoms with Crippen LogP contribution < -0.4 is 0 Å². The number of carbonyl (C=O) groups is 2. The van der Waals surface area contributed by atoms with Crippen LogP contribution in [0.1, 0.15) is 16.9 Å². The van der Waals surface area contributed by atoms with Crippen LogP contribution in [-0.2, 0) is 4.79 Å². The van der Waals surface area contributed by atoms with Crippen LogP contribution in [0.2, 0.25) is 0 Å². The average Bonchev–Trinajstić information content (AvgIpc) is 3.22. The van der Waals surface area contributed by atoms with E-state index in [1.165, 1.54) is 41.0 Å². The van der Waals surface area contributed by atoms with Gasteiger partial charge >= 0.3 is 5.97 Å². The monoisotopic (exact) mass is 365 g/mol. The number of likely N-dealkylation sites (tertiary alicyclic amines) is 1. The summed E-state index contributed by atoms with van der Waals surface area (Å²) in [5, 5.41) is 21.5. The van der Waals surface area contributed by atoms with Gasteiger partial charge in [-0.15, -0.1) is 11.3 Å². The second kappa shape index (κ2) is 6.20. The number of nitro benzene ring substituents is 1. The van der Waals surface area contributed by atoms with Crippen LogP contribution in [0.3, 0.4) is 0 Å². The minimum absolute atomic E-state index is 0.00598. The second-order valence-electron chi connectivity index (χ2n) is 5.59. The molecule has 10 heteroatoms. The molecule has 1 fully saturated rings. The summed E-state index contributed by atoms with van der Waals surface area (Å²) in [6, 6.07) is 5.72. The number of carbonyl (C=O) groups excluding carboxylic acids is 1. The lowest BCUT2D eigenvalue weighted by atomic mass is 10.1. The molecule has 25 heavy (non-hydrogen) atoms. The SMILES string of the molecule is O=C(c1csc(-c2ccc([N+](=O)[O-])cc2)n1)N1CCC(F)(C(=O)O)C1. The molecular formula is C15H12FN3O5S. The van der Waals surface area contributed by atoms with E-state index < -0.39 is 29.0 Å². The molecule has 0 saturated carbocycles. The fourth-order valence-electron chi connectivity index (χ4n) is 2.51. The van der Waals surface area contributed by atoms with Crippen LogP contribution in [0.15, 0.2) is 29.6 Å². The van der Waals surface area contributed by atoms with Crippen LogP contribution >= 0.6 is 11.3 Å². The Morgan fingerprint density at radius 1 is 1.36 bits per heavy atom. The molecule has 0 bridgehead atoms. The first-order valence-electron chi connectivity index (χ1n) is 7.22. The van der Waals surface area contributed by atoms with Gasteiger partial charge < -0.3 is 10.0 Å². The zero-order valence-electron chi connectivity index (χ0n) is 12.7. The van der Waals surface area contributed by atoms with Crippen molar-refractivity contribution >= 4 is 28.9 Å². The average molecular weight is 365 g/mol. The van der Waals surface area contributed by atoms with E-state index in [0.717, 1.165) is 4.90 Å². The number of halogens is 1. The van der Waals surface area contributed by atoms with E-state index in [1.807, 2.05) is 0 Å². The van der Waals surface area contributed by atoms with Gasteiger partial charge in [-0.3, -0.25) is 14.9 Å². The lowest BCUT2D eigenvalue weighted by molar-refractivity contribution is -0.384. The zero-order chi connectivity index (χ0) is 18.2. The summed E-state index contributed by atoms with van der Waals surface area (Å²) in [6.45, 7) is -0.502. The fourth-order valence-corrected chi connectivity index (χ4v) is 3.31. The van der Waals surface area contributed by atoms with Crippen molar-refractivity contribution in [1.82, 2.24) is 9.88 Å². The molecule has 0 aliphatic carbocycles. The summed E-state index contributed by atoms with van der Waals surface area (Å²) in [7, 11) is 0. The number of aromatic nitrogens is 1. The van der Waals surface area contributed by atoms with Crippen molar-refractivity contribution < 1.29 is 24.0 Å². The van der Waals surface area contributed by atoms with E-state index in [9.17, 15) is 24.1 Å². The number of rotatable bonds is 4. The highest BCUT2D eigenvalue weighted by molar-refractivity contribution is 7.13. The van der Waals surface area contributed by atoms with Gasteiger partial charge in [0.05, 0.1) is 11.5 Å². The third-order valence-corrected chi connectivity index (χ3v) is 4.83. The molecule has 130 valence electrons. The third kappa shape index (κ3) is 3.20. The molecule has 1 aromatic carbocycles. The molecule has 1 aromatic heterocycles. The van der Waals surface area contributed by atoms with Crippen LogP contribution in [-0.4, -0.2) is 50.5 Å². The van der Waals surface area contributed by atoms with Gasteiger partial charge in [-0.1, -0.05) is 0 Å². The molecule has 3 rings (SSSR count). The molecule has 8 nitrogen and oxygen atoms in total. The largest absolute Gasteiger partial charge is 0.479 e. The molecule has 2 heterocycles. The molecule has 1 aliphatic rings. The molecule has 1 N–H and O–H groups in total. The Morgan fingerprint density at radius 2 is 2.04 bits per heavy atom. The molecule has 1 atom stereocenters. The highest BCUT2D eigenvalue weighted by Gasteiger charge is 2.47. The van der Waals surface area contributed by atoms with Gasteiger partial charge in [0.15, 0.2) is 0 Å². The number of nitrogens with zero attached hydrogens (tertiary/aromatic N) is 3. The van der Waals surface area contributed by atoms with E-state index in [4.69, 9.17) is 5.11 Å². The first-order valence-corrected chi connectivity index (χ1v) is 8.10. The zero-order valence-corrected chi connectivity index (χ0v) is 13.5. The minimum atomic E-state index is -2.42. The van der Waals surface area contributed by atoms with Crippen LogP contribution in [0.5, 0.6) is 0 Å². The predicted molar refractivity (Wildman–Crippen MR) is 86.2 cm³/mol. The van der Waals surface area contributed by atoms with Crippen molar-refractivity contribution in [2.75, 3.05) is 13.1 Å². The van der Waals surface area contributed by atoms with Crippen molar-refractivity contribution in [2.45, 2.75) is 12.1 Å². The Bertz CT molecular complexity index is 853. The number of hydrogen-bond acceptors (Lipinski definition) is 6. The normalized spacial score (nSPS) is 19.8. The van der Waals surface area contributed by atoms with Crippen LogP contribution in [0.4, 0.5) is 10.1 Å². The highest BCUT2D eigenvalue weighted by Crippen LogP contribution is 2.29. The summed E-state index contributed by atoms with van der Waals surface area (Å²) in [5.74, 6) is -2.11. The Balaban J connectivity index is 1.76. The van der Waals surface area contributed by atoms with E-state index in [-0.39, 0.29) is 24.3 Å². The first-order chi connectivity index (χ1) is 11.8. The van der Waals surface area contributed by atoms with E-state index >= 15 is 0 Å². The van der Waals surface area contributed by atoms with Gasteiger partial charge in [-0.05, 0) is 12.1 Å². The molecule has 1 aliphatic heterocycles. The first kappa shape index (κ1) is 17.0. The van der Waals surface area contributed by atoms with Gasteiger partial charge in [-0.2, -0.15) is 0 Å². The number of alkyl halides is 1. The topological polar surface area (TPSA) is 114 Å². The minimum Gasteiger partial charge on any atom is -0.479 e. The summed E-state index contributed by atoms with van der Waals surface area (Å²) >= 11 is 1.17. The number of benzene rings is 1. The molecule has 1 saturated heterocycles. The molecular weight excluding hydrogens is 353 g/mol. The van der Waals surface area contributed by atoms with Gasteiger partial charge in [0, 0.05) is 36.0 Å². The third-order valence-electron chi connectivity index (χ3n) is 3.94. The smallest absolute Gasteiger partial charge is 0.343 e. The van der Waals surface area contributed by atoms with Crippen molar-refractivity contribution in [2.24, 2.45) is 0 Å². The number of thiazole rings is 1. The highest BCUT2D eigenvalue weighted by atomic mass is 32.1. The number of aliphatic carboxylic acids is 1. The standard InChI is InChI=1S/C15H12FN3O5S/c16-15(14(21)22)5-6-18(8-15)13(20)11-7-25-12(17-11)9-1-3-10(4-2-9)19(23)24/h1-4,7H,5-6,8H2,(H,21,22). The summed E-state index contributed by atoms with van der Waals surface area (Å²) < 4.78 is 14.1. The number of amides is 1. The summed E-state index contributed by atoms with van der Waals surface area (Å²) in [5.41, 5.74) is -1.77. The van der Waals surface area contributed by atoms with Crippen molar-refractivity contribution in [3.63, 3.8) is 0 Å². The molecule has 0 spiro atoms.